The van der Waals surface area contributed by atoms with E-state index >= 15 is 0 Å². The highest BCUT2D eigenvalue weighted by Gasteiger charge is 1.97. The van der Waals surface area contributed by atoms with Crippen LogP contribution >= 0.6 is 0 Å². The van der Waals surface area contributed by atoms with Crippen molar-refractivity contribution in [3.05, 3.63) is 35.7 Å². The first-order valence-electron chi connectivity index (χ1n) is 3.59. The molecule has 0 saturated carbocycles. The molecule has 0 heterocycles. The number of nitrogens with two attached hydrogens (primary N) is 1. The van der Waals surface area contributed by atoms with Crippen LogP contribution in [-0.4, -0.2) is 11.7 Å². The van der Waals surface area contributed by atoms with Gasteiger partial charge in [-0.25, -0.2) is 4.39 Å². The molecule has 0 radical (unpaired) electrons. The molecule has 0 aliphatic heterocycles. The van der Waals surface area contributed by atoms with Crippen LogP contribution in [0.25, 0.3) is 6.08 Å². The van der Waals surface area contributed by atoms with E-state index in [4.69, 9.17) is 10.8 Å². The van der Waals surface area contributed by atoms with Gasteiger partial charge in [-0.15, -0.1) is 0 Å². The molecule has 0 atom stereocenters. The average Bonchev–Trinajstić information content (AvgIpc) is 2.07. The molecule has 3 heteroatoms. The maximum absolute atomic E-state index is 12.7. The SMILES string of the molecule is NC/C=C/c1ccc(O)c(F)c1. The lowest BCUT2D eigenvalue weighted by Gasteiger charge is -1.95. The van der Waals surface area contributed by atoms with Gasteiger partial charge in [-0.05, 0) is 17.7 Å². The van der Waals surface area contributed by atoms with Crippen LogP contribution in [0.5, 0.6) is 5.75 Å². The molecule has 0 aromatic heterocycles. The molecule has 1 aromatic rings. The second-order valence-electron chi connectivity index (χ2n) is 2.35. The van der Waals surface area contributed by atoms with Crippen LogP contribution in [0.15, 0.2) is 24.3 Å². The zero-order valence-corrected chi connectivity index (χ0v) is 6.50. The molecule has 1 aromatic carbocycles. The molecule has 0 saturated heterocycles. The van der Waals surface area contributed by atoms with Gasteiger partial charge in [0.2, 0.25) is 0 Å². The minimum atomic E-state index is -0.617. The van der Waals surface area contributed by atoms with Crippen LogP contribution in [0.4, 0.5) is 4.39 Å². The Labute approximate surface area is 70.1 Å². The van der Waals surface area contributed by atoms with E-state index in [0.717, 1.165) is 0 Å². The minimum Gasteiger partial charge on any atom is -0.505 e. The van der Waals surface area contributed by atoms with E-state index in [0.29, 0.717) is 12.1 Å². The summed E-state index contributed by atoms with van der Waals surface area (Å²) >= 11 is 0. The highest BCUT2D eigenvalue weighted by Crippen LogP contribution is 2.16. The van der Waals surface area contributed by atoms with Crippen molar-refractivity contribution < 1.29 is 9.50 Å². The number of rotatable bonds is 2. The van der Waals surface area contributed by atoms with Gasteiger partial charge in [0.05, 0.1) is 0 Å². The topological polar surface area (TPSA) is 46.2 Å². The fraction of sp³-hybridized carbons (Fsp3) is 0.111. The molecular weight excluding hydrogens is 157 g/mol. The molecule has 64 valence electrons. The molecule has 0 bridgehead atoms. The number of phenolic OH excluding ortho intramolecular Hbond substituents is 1. The molecule has 0 amide bonds. The van der Waals surface area contributed by atoms with Crippen molar-refractivity contribution in [2.45, 2.75) is 0 Å². The van der Waals surface area contributed by atoms with Crippen molar-refractivity contribution in [1.29, 1.82) is 0 Å². The first-order chi connectivity index (χ1) is 5.74. The molecule has 0 spiro atoms. The van der Waals surface area contributed by atoms with Crippen LogP contribution in [0.2, 0.25) is 0 Å². The summed E-state index contributed by atoms with van der Waals surface area (Å²) in [4.78, 5) is 0. The van der Waals surface area contributed by atoms with Crippen LogP contribution in [0, 0.1) is 5.82 Å². The lowest BCUT2D eigenvalue weighted by atomic mass is 10.2. The van der Waals surface area contributed by atoms with Crippen molar-refractivity contribution in [2.75, 3.05) is 6.54 Å². The van der Waals surface area contributed by atoms with E-state index in [2.05, 4.69) is 0 Å². The third kappa shape index (κ3) is 2.07. The average molecular weight is 167 g/mol. The summed E-state index contributed by atoms with van der Waals surface area (Å²) in [5.74, 6) is -0.950. The fourth-order valence-corrected chi connectivity index (χ4v) is 0.831. The van der Waals surface area contributed by atoms with Crippen molar-refractivity contribution >= 4 is 6.08 Å². The van der Waals surface area contributed by atoms with E-state index in [1.807, 2.05) is 0 Å². The summed E-state index contributed by atoms with van der Waals surface area (Å²) in [6, 6.07) is 4.18. The Balaban J connectivity index is 2.89. The number of aromatic hydroxyl groups is 1. The molecule has 3 N–H and O–H groups in total. The summed E-state index contributed by atoms with van der Waals surface area (Å²) in [5.41, 5.74) is 5.90. The van der Waals surface area contributed by atoms with Gasteiger partial charge >= 0.3 is 0 Å². The van der Waals surface area contributed by atoms with Gasteiger partial charge in [-0.1, -0.05) is 18.2 Å². The zero-order chi connectivity index (χ0) is 8.97. The smallest absolute Gasteiger partial charge is 0.165 e. The highest BCUT2D eigenvalue weighted by atomic mass is 19.1. The number of hydrogen-bond donors (Lipinski definition) is 2. The molecule has 0 aliphatic rings. The largest absolute Gasteiger partial charge is 0.505 e. The quantitative estimate of drug-likeness (QED) is 0.701. The summed E-state index contributed by atoms with van der Waals surface area (Å²) in [5, 5.41) is 8.85. The predicted octanol–water partition coefficient (Wildman–Crippen LogP) is 1.50. The van der Waals surface area contributed by atoms with Crippen LogP contribution < -0.4 is 5.73 Å². The van der Waals surface area contributed by atoms with Crippen molar-refractivity contribution in [1.82, 2.24) is 0 Å². The van der Waals surface area contributed by atoms with Gasteiger partial charge in [0.1, 0.15) is 0 Å². The summed E-state index contributed by atoms with van der Waals surface area (Å²) in [6.07, 6.45) is 3.41. The molecular formula is C9H10FNO. The van der Waals surface area contributed by atoms with E-state index in [9.17, 15) is 4.39 Å². The number of hydrogen-bond acceptors (Lipinski definition) is 2. The lowest BCUT2D eigenvalue weighted by Crippen LogP contribution is -1.91. The summed E-state index contributed by atoms with van der Waals surface area (Å²) in [7, 11) is 0. The number of phenols is 1. The molecule has 0 unspecified atom stereocenters. The van der Waals surface area contributed by atoms with Gasteiger partial charge in [-0.3, -0.25) is 0 Å². The lowest BCUT2D eigenvalue weighted by molar-refractivity contribution is 0.432. The van der Waals surface area contributed by atoms with Crippen molar-refractivity contribution in [3.8, 4) is 5.75 Å². The number of halogens is 1. The third-order valence-corrected chi connectivity index (χ3v) is 1.42. The molecule has 0 fully saturated rings. The van der Waals surface area contributed by atoms with Crippen molar-refractivity contribution in [3.63, 3.8) is 0 Å². The highest BCUT2D eigenvalue weighted by molar-refractivity contribution is 5.50. The Morgan fingerprint density at radius 1 is 1.50 bits per heavy atom. The third-order valence-electron chi connectivity index (χ3n) is 1.42. The van der Waals surface area contributed by atoms with Crippen molar-refractivity contribution in [2.24, 2.45) is 5.73 Å². The molecule has 12 heavy (non-hydrogen) atoms. The Bertz CT molecular complexity index is 297. The predicted molar refractivity (Wildman–Crippen MR) is 46.2 cm³/mol. The number of benzene rings is 1. The Morgan fingerprint density at radius 3 is 2.83 bits per heavy atom. The molecule has 0 aliphatic carbocycles. The Hall–Kier alpha value is -1.35. The standard InChI is InChI=1S/C9H10FNO/c10-8-6-7(2-1-5-11)3-4-9(8)12/h1-4,6,12H,5,11H2/b2-1+. The van der Waals surface area contributed by atoms with Crippen LogP contribution in [-0.2, 0) is 0 Å². The Kier molecular flexibility index (Phi) is 2.82. The second-order valence-corrected chi connectivity index (χ2v) is 2.35. The Morgan fingerprint density at radius 2 is 2.25 bits per heavy atom. The maximum atomic E-state index is 12.7. The molecule has 1 rings (SSSR count). The van der Waals surface area contributed by atoms with Gasteiger partial charge in [-0.2, -0.15) is 0 Å². The van der Waals surface area contributed by atoms with Crippen LogP contribution in [0.3, 0.4) is 0 Å². The summed E-state index contributed by atoms with van der Waals surface area (Å²) < 4.78 is 12.7. The minimum absolute atomic E-state index is 0.333. The fourth-order valence-electron chi connectivity index (χ4n) is 0.831. The van der Waals surface area contributed by atoms with E-state index in [1.54, 1.807) is 18.2 Å². The molecule has 2 nitrogen and oxygen atoms in total. The normalized spacial score (nSPS) is 10.8. The monoisotopic (exact) mass is 167 g/mol. The first kappa shape index (κ1) is 8.74. The van der Waals surface area contributed by atoms with Gasteiger partial charge in [0.15, 0.2) is 11.6 Å². The first-order valence-corrected chi connectivity index (χ1v) is 3.59. The van der Waals surface area contributed by atoms with E-state index in [-0.39, 0.29) is 5.75 Å². The van der Waals surface area contributed by atoms with Gasteiger partial charge in [0, 0.05) is 6.54 Å². The van der Waals surface area contributed by atoms with E-state index < -0.39 is 5.82 Å². The zero-order valence-electron chi connectivity index (χ0n) is 6.50. The maximum Gasteiger partial charge on any atom is 0.165 e. The van der Waals surface area contributed by atoms with Crippen LogP contribution in [0.1, 0.15) is 5.56 Å². The van der Waals surface area contributed by atoms with E-state index in [1.165, 1.54) is 12.1 Å². The van der Waals surface area contributed by atoms with Gasteiger partial charge < -0.3 is 10.8 Å². The summed E-state index contributed by atoms with van der Waals surface area (Å²) in [6.45, 7) is 0.419. The van der Waals surface area contributed by atoms with Gasteiger partial charge in [0.25, 0.3) is 0 Å². The second kappa shape index (κ2) is 3.88.